The fourth-order valence-electron chi connectivity index (χ4n) is 3.50. The van der Waals surface area contributed by atoms with E-state index < -0.39 is 5.67 Å². The molecule has 1 aliphatic carbocycles. The lowest BCUT2D eigenvalue weighted by Gasteiger charge is -2.27. The summed E-state index contributed by atoms with van der Waals surface area (Å²) in [5, 5.41) is 3.38. The zero-order chi connectivity index (χ0) is 9.60. The fraction of sp³-hybridized carbons (Fsp3) is 1.00. The molecule has 3 heteroatoms. The number of hydrogen-bond donors (Lipinski definition) is 1. The van der Waals surface area contributed by atoms with Crippen LogP contribution in [0.25, 0.3) is 0 Å². The molecule has 2 saturated heterocycles. The van der Waals surface area contributed by atoms with E-state index in [1.54, 1.807) is 0 Å². The van der Waals surface area contributed by atoms with Crippen molar-refractivity contribution in [1.82, 2.24) is 5.32 Å². The Morgan fingerprint density at radius 3 is 2.50 bits per heavy atom. The number of alkyl halides is 1. The summed E-state index contributed by atoms with van der Waals surface area (Å²) in [7, 11) is 0. The second-order valence-corrected chi connectivity index (χ2v) is 6.33. The van der Waals surface area contributed by atoms with Gasteiger partial charge in [0.1, 0.15) is 5.67 Å². The number of hydrogen-bond acceptors (Lipinski definition) is 2. The van der Waals surface area contributed by atoms with Crippen molar-refractivity contribution >= 4 is 11.8 Å². The summed E-state index contributed by atoms with van der Waals surface area (Å²) in [6.07, 6.45) is 2.81. The van der Waals surface area contributed by atoms with E-state index in [1.165, 1.54) is 5.75 Å². The van der Waals surface area contributed by atoms with Gasteiger partial charge in [-0.25, -0.2) is 4.39 Å². The molecule has 0 spiro atoms. The average molecular weight is 215 g/mol. The lowest BCUT2D eigenvalue weighted by Crippen LogP contribution is -2.32. The van der Waals surface area contributed by atoms with E-state index >= 15 is 0 Å². The summed E-state index contributed by atoms with van der Waals surface area (Å²) in [6.45, 7) is 2.13. The molecule has 1 saturated carbocycles. The van der Waals surface area contributed by atoms with E-state index in [4.69, 9.17) is 0 Å². The molecule has 2 heterocycles. The highest BCUT2D eigenvalue weighted by atomic mass is 32.2. The molecular formula is C11H18FNS. The van der Waals surface area contributed by atoms with E-state index in [0.717, 1.165) is 38.1 Å². The first-order chi connectivity index (χ1) is 6.78. The Kier molecular flexibility index (Phi) is 2.28. The minimum absolute atomic E-state index is 0.373. The van der Waals surface area contributed by atoms with Gasteiger partial charge in [0, 0.05) is 5.92 Å². The van der Waals surface area contributed by atoms with E-state index in [-0.39, 0.29) is 0 Å². The Bertz CT molecular complexity index is 215. The van der Waals surface area contributed by atoms with Gasteiger partial charge in [-0.1, -0.05) is 0 Å². The van der Waals surface area contributed by atoms with Crippen molar-refractivity contribution in [3.8, 4) is 0 Å². The van der Waals surface area contributed by atoms with Crippen LogP contribution in [0.4, 0.5) is 4.39 Å². The maximum Gasteiger partial charge on any atom is 0.115 e. The quantitative estimate of drug-likeness (QED) is 0.718. The normalized spacial score (nSPS) is 52.5. The van der Waals surface area contributed by atoms with Crippen LogP contribution >= 0.6 is 11.8 Å². The molecule has 14 heavy (non-hydrogen) atoms. The van der Waals surface area contributed by atoms with Gasteiger partial charge in [-0.2, -0.15) is 11.8 Å². The molecule has 3 aliphatic rings. The number of thioether (sulfide) groups is 1. The zero-order valence-electron chi connectivity index (χ0n) is 8.47. The van der Waals surface area contributed by atoms with Crippen molar-refractivity contribution in [3.63, 3.8) is 0 Å². The van der Waals surface area contributed by atoms with Gasteiger partial charge in [-0.3, -0.25) is 0 Å². The van der Waals surface area contributed by atoms with Gasteiger partial charge in [0.2, 0.25) is 0 Å². The Morgan fingerprint density at radius 2 is 1.93 bits per heavy atom. The van der Waals surface area contributed by atoms with Crippen LogP contribution in [-0.2, 0) is 0 Å². The van der Waals surface area contributed by atoms with Crippen LogP contribution in [-0.4, -0.2) is 30.3 Å². The third kappa shape index (κ3) is 1.40. The molecule has 80 valence electrons. The number of halogens is 1. The minimum atomic E-state index is -0.791. The van der Waals surface area contributed by atoms with Crippen LogP contribution in [0.2, 0.25) is 0 Å². The summed E-state index contributed by atoms with van der Waals surface area (Å²) in [4.78, 5) is 0. The third-order valence-electron chi connectivity index (χ3n) is 4.34. The predicted octanol–water partition coefficient (Wildman–Crippen LogP) is 2.08. The maximum atomic E-state index is 14.7. The Labute approximate surface area is 89.2 Å². The van der Waals surface area contributed by atoms with Crippen LogP contribution in [0.3, 0.4) is 0 Å². The van der Waals surface area contributed by atoms with Gasteiger partial charge in [0.25, 0.3) is 0 Å². The molecule has 3 fully saturated rings. The first-order valence-electron chi connectivity index (χ1n) is 5.75. The van der Waals surface area contributed by atoms with Crippen LogP contribution in [0.5, 0.6) is 0 Å². The summed E-state index contributed by atoms with van der Waals surface area (Å²) < 4.78 is 14.7. The van der Waals surface area contributed by atoms with Gasteiger partial charge < -0.3 is 5.32 Å². The van der Waals surface area contributed by atoms with E-state index in [0.29, 0.717) is 17.8 Å². The van der Waals surface area contributed by atoms with Gasteiger partial charge >= 0.3 is 0 Å². The Balaban J connectivity index is 1.72. The predicted molar refractivity (Wildman–Crippen MR) is 58.4 cm³/mol. The van der Waals surface area contributed by atoms with Crippen molar-refractivity contribution in [2.75, 3.05) is 24.6 Å². The molecule has 0 aromatic carbocycles. The monoisotopic (exact) mass is 215 g/mol. The van der Waals surface area contributed by atoms with Crippen molar-refractivity contribution in [2.45, 2.75) is 24.9 Å². The highest BCUT2D eigenvalue weighted by Crippen LogP contribution is 2.50. The third-order valence-corrected chi connectivity index (χ3v) is 5.51. The SMILES string of the molecule is FC1(C2CCSC2)CC2CNCC2C1. The van der Waals surface area contributed by atoms with Gasteiger partial charge in [-0.15, -0.1) is 0 Å². The first-order valence-corrected chi connectivity index (χ1v) is 6.91. The molecular weight excluding hydrogens is 197 g/mol. The molecule has 3 atom stereocenters. The van der Waals surface area contributed by atoms with Crippen LogP contribution in [0.15, 0.2) is 0 Å². The number of fused-ring (bicyclic) bond motifs is 1. The molecule has 1 N–H and O–H groups in total. The van der Waals surface area contributed by atoms with Gasteiger partial charge in [-0.05, 0) is 55.7 Å². The molecule has 0 amide bonds. The summed E-state index contributed by atoms with van der Waals surface area (Å²) in [5.74, 6) is 3.92. The summed E-state index contributed by atoms with van der Waals surface area (Å²) in [6, 6.07) is 0. The Hall–Kier alpha value is 0.240. The smallest absolute Gasteiger partial charge is 0.115 e. The summed E-state index contributed by atoms with van der Waals surface area (Å²) >= 11 is 1.94. The minimum Gasteiger partial charge on any atom is -0.316 e. The van der Waals surface area contributed by atoms with E-state index in [2.05, 4.69) is 5.32 Å². The zero-order valence-corrected chi connectivity index (χ0v) is 9.28. The van der Waals surface area contributed by atoms with Crippen molar-refractivity contribution in [2.24, 2.45) is 17.8 Å². The van der Waals surface area contributed by atoms with Crippen molar-refractivity contribution in [1.29, 1.82) is 0 Å². The van der Waals surface area contributed by atoms with Crippen LogP contribution in [0.1, 0.15) is 19.3 Å². The number of nitrogens with one attached hydrogen (secondary N) is 1. The highest BCUT2D eigenvalue weighted by molar-refractivity contribution is 7.99. The van der Waals surface area contributed by atoms with Crippen molar-refractivity contribution in [3.05, 3.63) is 0 Å². The van der Waals surface area contributed by atoms with Gasteiger partial charge in [0.05, 0.1) is 0 Å². The molecule has 2 aliphatic heterocycles. The van der Waals surface area contributed by atoms with E-state index in [9.17, 15) is 4.39 Å². The average Bonchev–Trinajstić information content (AvgIpc) is 2.74. The second-order valence-electron chi connectivity index (χ2n) is 5.18. The standard InChI is InChI=1S/C11H18FNS/c12-11(10-1-2-14-7-10)3-8-5-13-6-9(8)4-11/h8-10,13H,1-7H2. The maximum absolute atomic E-state index is 14.7. The second kappa shape index (κ2) is 3.38. The largest absolute Gasteiger partial charge is 0.316 e. The van der Waals surface area contributed by atoms with E-state index in [1.807, 2.05) is 11.8 Å². The van der Waals surface area contributed by atoms with Crippen molar-refractivity contribution < 1.29 is 4.39 Å². The molecule has 1 nitrogen and oxygen atoms in total. The molecule has 0 aromatic rings. The Morgan fingerprint density at radius 1 is 1.21 bits per heavy atom. The fourth-order valence-corrected chi connectivity index (χ4v) is 4.86. The molecule has 0 radical (unpaired) electrons. The topological polar surface area (TPSA) is 12.0 Å². The lowest BCUT2D eigenvalue weighted by atomic mass is 9.86. The lowest BCUT2D eigenvalue weighted by molar-refractivity contribution is 0.0924. The molecule has 0 aromatic heterocycles. The first kappa shape index (κ1) is 9.46. The molecule has 3 unspecified atom stereocenters. The van der Waals surface area contributed by atoms with Crippen LogP contribution in [0, 0.1) is 17.8 Å². The van der Waals surface area contributed by atoms with Gasteiger partial charge in [0.15, 0.2) is 0 Å². The molecule has 3 rings (SSSR count). The van der Waals surface area contributed by atoms with Crippen LogP contribution < -0.4 is 5.32 Å². The molecule has 0 bridgehead atoms. The highest BCUT2D eigenvalue weighted by Gasteiger charge is 2.52. The number of rotatable bonds is 1. The summed E-state index contributed by atoms with van der Waals surface area (Å²) in [5.41, 5.74) is -0.791.